The minimum Gasteiger partial charge on any atom is -0.392 e. The summed E-state index contributed by atoms with van der Waals surface area (Å²) in [7, 11) is -3.59. The van der Waals surface area contributed by atoms with Gasteiger partial charge in [-0.15, -0.1) is 6.42 Å². The monoisotopic (exact) mass is 293 g/mol. The Morgan fingerprint density at radius 3 is 2.70 bits per heavy atom. The Hall–Kier alpha value is -1.35. The predicted octanol–water partition coefficient (Wildman–Crippen LogP) is 1.52. The smallest absolute Gasteiger partial charge is 0.243 e. The van der Waals surface area contributed by atoms with Crippen LogP contribution >= 0.6 is 0 Å². The zero-order valence-electron chi connectivity index (χ0n) is 11.5. The van der Waals surface area contributed by atoms with E-state index < -0.39 is 10.0 Å². The van der Waals surface area contributed by atoms with Crippen molar-refractivity contribution in [3.63, 3.8) is 0 Å². The molecule has 4 nitrogen and oxygen atoms in total. The van der Waals surface area contributed by atoms with Gasteiger partial charge in [0.05, 0.1) is 18.0 Å². The summed E-state index contributed by atoms with van der Waals surface area (Å²) in [5.41, 5.74) is 1.50. The highest BCUT2D eigenvalue weighted by atomic mass is 32.2. The molecule has 0 saturated heterocycles. The second-order valence-corrected chi connectivity index (χ2v) is 7.13. The largest absolute Gasteiger partial charge is 0.392 e. The van der Waals surface area contributed by atoms with Crippen LogP contribution in [0.5, 0.6) is 0 Å². The Labute approximate surface area is 120 Å². The van der Waals surface area contributed by atoms with Crippen molar-refractivity contribution in [1.29, 1.82) is 0 Å². The summed E-state index contributed by atoms with van der Waals surface area (Å²) >= 11 is 0. The third kappa shape index (κ3) is 3.21. The number of aryl methyl sites for hydroxylation is 1. The lowest BCUT2D eigenvalue weighted by Crippen LogP contribution is -2.33. The summed E-state index contributed by atoms with van der Waals surface area (Å²) in [6.45, 7) is 2.23. The summed E-state index contributed by atoms with van der Waals surface area (Å²) < 4.78 is 26.6. The lowest BCUT2D eigenvalue weighted by molar-refractivity contribution is 0.280. The van der Waals surface area contributed by atoms with Gasteiger partial charge < -0.3 is 5.11 Å². The van der Waals surface area contributed by atoms with Gasteiger partial charge in [-0.3, -0.25) is 0 Å². The topological polar surface area (TPSA) is 57.6 Å². The van der Waals surface area contributed by atoms with E-state index in [1.807, 2.05) is 6.92 Å². The first-order chi connectivity index (χ1) is 9.48. The molecule has 0 bridgehead atoms. The van der Waals surface area contributed by atoms with E-state index in [4.69, 9.17) is 6.42 Å². The zero-order chi connectivity index (χ0) is 14.8. The van der Waals surface area contributed by atoms with Crippen LogP contribution in [0.25, 0.3) is 0 Å². The van der Waals surface area contributed by atoms with Gasteiger partial charge in [0.2, 0.25) is 10.0 Å². The first-order valence-electron chi connectivity index (χ1n) is 6.63. The van der Waals surface area contributed by atoms with E-state index in [-0.39, 0.29) is 18.0 Å². The van der Waals surface area contributed by atoms with Crippen molar-refractivity contribution in [2.75, 3.05) is 13.1 Å². The first-order valence-corrected chi connectivity index (χ1v) is 8.07. The van der Waals surface area contributed by atoms with Crippen molar-refractivity contribution in [2.24, 2.45) is 5.92 Å². The van der Waals surface area contributed by atoms with E-state index in [0.29, 0.717) is 18.0 Å². The van der Waals surface area contributed by atoms with Crippen molar-refractivity contribution in [3.8, 4) is 12.3 Å². The molecule has 1 N–H and O–H groups in total. The van der Waals surface area contributed by atoms with Gasteiger partial charge in [0, 0.05) is 6.54 Å². The normalized spacial score (nSPS) is 15.3. The summed E-state index contributed by atoms with van der Waals surface area (Å²) in [5, 5.41) is 9.27. The Morgan fingerprint density at radius 1 is 1.45 bits per heavy atom. The van der Waals surface area contributed by atoms with Crippen LogP contribution in [0.15, 0.2) is 23.1 Å². The molecule has 0 aliphatic heterocycles. The molecule has 1 aromatic carbocycles. The van der Waals surface area contributed by atoms with Crippen LogP contribution in [0.3, 0.4) is 0 Å². The van der Waals surface area contributed by atoms with Crippen molar-refractivity contribution >= 4 is 10.0 Å². The molecule has 0 aromatic heterocycles. The Balaban J connectivity index is 2.33. The minimum atomic E-state index is -3.59. The number of aliphatic hydroxyl groups excluding tert-OH is 1. The second kappa shape index (κ2) is 5.96. The number of nitrogens with zero attached hydrogens (tertiary/aromatic N) is 1. The maximum Gasteiger partial charge on any atom is 0.243 e. The van der Waals surface area contributed by atoms with Crippen LogP contribution < -0.4 is 0 Å². The minimum absolute atomic E-state index is 0.0845. The Kier molecular flexibility index (Phi) is 4.48. The van der Waals surface area contributed by atoms with E-state index in [9.17, 15) is 13.5 Å². The van der Waals surface area contributed by atoms with Crippen molar-refractivity contribution < 1.29 is 13.5 Å². The molecule has 20 heavy (non-hydrogen) atoms. The molecular weight excluding hydrogens is 274 g/mol. The van der Waals surface area contributed by atoms with E-state index in [2.05, 4.69) is 5.92 Å². The number of hydrogen-bond acceptors (Lipinski definition) is 3. The average molecular weight is 293 g/mol. The molecule has 0 heterocycles. The molecule has 1 aromatic rings. The predicted molar refractivity (Wildman–Crippen MR) is 77.4 cm³/mol. The molecule has 0 radical (unpaired) electrons. The highest BCUT2D eigenvalue weighted by Gasteiger charge is 2.31. The quantitative estimate of drug-likeness (QED) is 0.809. The van der Waals surface area contributed by atoms with E-state index in [0.717, 1.165) is 18.4 Å². The maximum atomic E-state index is 12.6. The van der Waals surface area contributed by atoms with Crippen LogP contribution in [-0.4, -0.2) is 30.9 Å². The van der Waals surface area contributed by atoms with E-state index in [1.54, 1.807) is 12.1 Å². The van der Waals surface area contributed by atoms with Crippen molar-refractivity contribution in [2.45, 2.75) is 31.3 Å². The lowest BCUT2D eigenvalue weighted by Gasteiger charge is -2.20. The van der Waals surface area contributed by atoms with Crippen LogP contribution in [0.1, 0.15) is 24.0 Å². The van der Waals surface area contributed by atoms with Crippen LogP contribution in [-0.2, 0) is 16.6 Å². The highest BCUT2D eigenvalue weighted by Crippen LogP contribution is 2.31. The summed E-state index contributed by atoms with van der Waals surface area (Å²) in [5.74, 6) is 2.85. The van der Waals surface area contributed by atoms with Gasteiger partial charge in [0.25, 0.3) is 0 Å². The van der Waals surface area contributed by atoms with Gasteiger partial charge in [-0.25, -0.2) is 8.42 Å². The molecule has 0 atom stereocenters. The molecule has 0 spiro atoms. The molecule has 0 amide bonds. The molecule has 1 aliphatic rings. The van der Waals surface area contributed by atoms with E-state index in [1.165, 1.54) is 10.4 Å². The fourth-order valence-electron chi connectivity index (χ4n) is 2.07. The second-order valence-electron chi connectivity index (χ2n) is 5.19. The van der Waals surface area contributed by atoms with Gasteiger partial charge in [-0.2, -0.15) is 4.31 Å². The van der Waals surface area contributed by atoms with Crippen molar-refractivity contribution in [1.82, 2.24) is 4.31 Å². The van der Waals surface area contributed by atoms with Gasteiger partial charge in [-0.1, -0.05) is 12.0 Å². The first kappa shape index (κ1) is 15.0. The van der Waals surface area contributed by atoms with Crippen LogP contribution in [0, 0.1) is 25.2 Å². The third-order valence-corrected chi connectivity index (χ3v) is 5.36. The Morgan fingerprint density at radius 2 is 2.15 bits per heavy atom. The summed E-state index contributed by atoms with van der Waals surface area (Å²) in [4.78, 5) is 0.197. The average Bonchev–Trinajstić information content (AvgIpc) is 3.22. The zero-order valence-corrected chi connectivity index (χ0v) is 12.4. The van der Waals surface area contributed by atoms with Gasteiger partial charge in [0.1, 0.15) is 0 Å². The number of hydrogen-bond donors (Lipinski definition) is 1. The molecular formula is C15H19NO3S. The number of aliphatic hydroxyl groups is 1. The number of terminal acetylenes is 1. The molecule has 1 saturated carbocycles. The fourth-order valence-corrected chi connectivity index (χ4v) is 3.55. The molecule has 2 rings (SSSR count). The fraction of sp³-hybridized carbons (Fsp3) is 0.467. The standard InChI is InChI=1S/C15H19NO3S/c1-3-8-16(10-13-5-6-13)20(18,19)15-7-4-12(2)14(9-15)11-17/h1,4,7,9,13,17H,5-6,8,10-11H2,2H3. The van der Waals surface area contributed by atoms with Crippen molar-refractivity contribution in [3.05, 3.63) is 29.3 Å². The Bertz CT molecular complexity index is 627. The molecule has 5 heteroatoms. The van der Waals surface area contributed by atoms with E-state index >= 15 is 0 Å². The van der Waals surface area contributed by atoms with Gasteiger partial charge >= 0.3 is 0 Å². The molecule has 0 unspecified atom stereocenters. The third-order valence-electron chi connectivity index (χ3n) is 3.56. The number of rotatable bonds is 6. The SMILES string of the molecule is C#CCN(CC1CC1)S(=O)(=O)c1ccc(C)c(CO)c1. The van der Waals surface area contributed by atoms with Crippen LogP contribution in [0.2, 0.25) is 0 Å². The number of benzene rings is 1. The molecule has 108 valence electrons. The molecule has 1 aliphatic carbocycles. The lowest BCUT2D eigenvalue weighted by atomic mass is 10.1. The van der Waals surface area contributed by atoms with Crippen LogP contribution in [0.4, 0.5) is 0 Å². The maximum absolute atomic E-state index is 12.6. The highest BCUT2D eigenvalue weighted by molar-refractivity contribution is 7.89. The summed E-state index contributed by atoms with van der Waals surface area (Å²) in [6.07, 6.45) is 7.41. The summed E-state index contributed by atoms with van der Waals surface area (Å²) in [6, 6.07) is 4.81. The van der Waals surface area contributed by atoms with Gasteiger partial charge in [-0.05, 0) is 48.9 Å². The van der Waals surface area contributed by atoms with Gasteiger partial charge in [0.15, 0.2) is 0 Å². The molecule has 1 fully saturated rings. The number of sulfonamides is 1.